The zero-order valence-corrected chi connectivity index (χ0v) is 29.2. The van der Waals surface area contributed by atoms with Crippen molar-refractivity contribution < 1.29 is 23.1 Å². The molecule has 242 valence electrons. The molecule has 2 aliphatic rings. The summed E-state index contributed by atoms with van der Waals surface area (Å²) >= 11 is 12.4. The van der Waals surface area contributed by atoms with Gasteiger partial charge in [0.15, 0.2) is 0 Å². The Labute approximate surface area is 273 Å². The van der Waals surface area contributed by atoms with Crippen LogP contribution in [0.2, 0.25) is 10.0 Å². The Bertz CT molecular complexity index is 1280. The van der Waals surface area contributed by atoms with Crippen molar-refractivity contribution in [3.8, 4) is 0 Å². The average molecular weight is 665 g/mol. The topological polar surface area (TPSA) is 74.7 Å². The van der Waals surface area contributed by atoms with Crippen molar-refractivity contribution in [2.45, 2.75) is 98.1 Å². The van der Waals surface area contributed by atoms with Gasteiger partial charge >= 0.3 is 13.6 Å². The molecule has 0 aliphatic heterocycles. The Balaban J connectivity index is 1.70. The summed E-state index contributed by atoms with van der Waals surface area (Å²) in [6, 6.07) is 8.51. The van der Waals surface area contributed by atoms with Crippen LogP contribution in [0.3, 0.4) is 0 Å². The van der Waals surface area contributed by atoms with Gasteiger partial charge in [-0.2, -0.15) is 0 Å². The Morgan fingerprint density at radius 2 is 1.52 bits per heavy atom. The second-order valence-electron chi connectivity index (χ2n) is 13.5. The summed E-state index contributed by atoms with van der Waals surface area (Å²) in [6.07, 6.45) is 11.2. The quantitative estimate of drug-likeness (QED) is 0.135. The van der Waals surface area contributed by atoms with E-state index in [1.54, 1.807) is 48.8 Å². The lowest BCUT2D eigenvalue weighted by Gasteiger charge is -2.42. The minimum atomic E-state index is -4.10. The van der Waals surface area contributed by atoms with Crippen LogP contribution in [-0.2, 0) is 23.1 Å². The first-order valence-corrected chi connectivity index (χ1v) is 18.4. The van der Waals surface area contributed by atoms with Gasteiger partial charge in [-0.1, -0.05) is 76.9 Å². The monoisotopic (exact) mass is 663 g/mol. The molecule has 0 amide bonds. The lowest BCUT2D eigenvalue weighted by atomic mass is 9.76. The number of esters is 1. The van der Waals surface area contributed by atoms with Crippen molar-refractivity contribution in [3.63, 3.8) is 0 Å². The predicted molar refractivity (Wildman–Crippen MR) is 179 cm³/mol. The molecule has 2 aliphatic carbocycles. The predicted octanol–water partition coefficient (Wildman–Crippen LogP) is 10.8. The number of rotatable bonds is 11. The first kappa shape index (κ1) is 35.2. The second-order valence-corrected chi connectivity index (χ2v) is 16.3. The molecule has 7 atom stereocenters. The molecular weight excluding hydrogens is 616 g/mol. The number of nitrogens with zero attached hydrogens (tertiary/aromatic N) is 1. The van der Waals surface area contributed by atoms with Crippen LogP contribution >= 0.6 is 30.8 Å². The summed E-state index contributed by atoms with van der Waals surface area (Å²) in [4.78, 5) is 17.7. The number of pyridine rings is 1. The summed E-state index contributed by atoms with van der Waals surface area (Å²) in [5.74, 6) is 0.271. The molecule has 2 fully saturated rings. The summed E-state index contributed by atoms with van der Waals surface area (Å²) in [5.41, 5.74) is 1.07. The number of halogens is 2. The number of hydrogen-bond acceptors (Lipinski definition) is 6. The lowest BCUT2D eigenvalue weighted by Crippen LogP contribution is -2.35. The molecule has 0 radical (unpaired) electrons. The Hall–Kier alpha value is -1.69. The molecule has 1 aromatic heterocycles. The highest BCUT2D eigenvalue weighted by Gasteiger charge is 2.48. The third-order valence-electron chi connectivity index (χ3n) is 9.62. The number of benzene rings is 1. The van der Waals surface area contributed by atoms with Crippen molar-refractivity contribution in [2.75, 3.05) is 0 Å². The third-order valence-corrected chi connectivity index (χ3v) is 12.3. The molecule has 6 nitrogen and oxygen atoms in total. The first-order chi connectivity index (χ1) is 20.9. The molecule has 44 heavy (non-hydrogen) atoms. The van der Waals surface area contributed by atoms with Crippen LogP contribution in [0.5, 0.6) is 0 Å². The van der Waals surface area contributed by atoms with E-state index in [2.05, 4.69) is 46.5 Å². The molecule has 1 heterocycles. The van der Waals surface area contributed by atoms with Gasteiger partial charge in [-0.05, 0) is 104 Å². The van der Waals surface area contributed by atoms with Crippen LogP contribution in [-0.4, -0.2) is 23.2 Å². The lowest BCUT2D eigenvalue weighted by molar-refractivity contribution is -0.141. The van der Waals surface area contributed by atoms with E-state index in [0.29, 0.717) is 44.8 Å². The van der Waals surface area contributed by atoms with E-state index in [1.807, 2.05) is 0 Å². The maximum absolute atomic E-state index is 15.4. The minimum absolute atomic E-state index is 0.186. The number of aromatic nitrogens is 1. The summed E-state index contributed by atoms with van der Waals surface area (Å²) in [6.45, 7) is 13.2. The van der Waals surface area contributed by atoms with E-state index in [4.69, 9.17) is 37.0 Å². The molecule has 0 N–H and O–H groups in total. The minimum Gasteiger partial charge on any atom is -0.441 e. The summed E-state index contributed by atoms with van der Waals surface area (Å²) < 4.78 is 34.8. The molecular formula is C35H48Cl2NO5P. The fourth-order valence-corrected chi connectivity index (χ4v) is 9.26. The largest absolute Gasteiger partial charge is 0.441 e. The Kier molecular flexibility index (Phi) is 12.6. The van der Waals surface area contributed by atoms with Crippen molar-refractivity contribution in [1.82, 2.24) is 4.98 Å². The number of ether oxygens (including phenoxy) is 1. The second kappa shape index (κ2) is 15.7. The van der Waals surface area contributed by atoms with E-state index in [-0.39, 0.29) is 24.0 Å². The van der Waals surface area contributed by atoms with Crippen LogP contribution in [0.1, 0.15) is 97.0 Å². The third kappa shape index (κ3) is 9.19. The van der Waals surface area contributed by atoms with Crippen molar-refractivity contribution >= 4 is 42.8 Å². The first-order valence-electron chi connectivity index (χ1n) is 16.1. The van der Waals surface area contributed by atoms with Crippen molar-refractivity contribution in [2.24, 2.45) is 35.5 Å². The van der Waals surface area contributed by atoms with E-state index in [9.17, 15) is 4.79 Å². The maximum Gasteiger partial charge on any atom is 0.376 e. The highest BCUT2D eigenvalue weighted by atomic mass is 35.5. The zero-order valence-electron chi connectivity index (χ0n) is 26.8. The zero-order chi connectivity index (χ0) is 32.0. The van der Waals surface area contributed by atoms with Gasteiger partial charge in [0, 0.05) is 34.1 Å². The van der Waals surface area contributed by atoms with Gasteiger partial charge in [-0.15, -0.1) is 0 Å². The van der Waals surface area contributed by atoms with E-state index in [1.165, 1.54) is 6.08 Å². The van der Waals surface area contributed by atoms with Crippen LogP contribution < -0.4 is 0 Å². The Morgan fingerprint density at radius 3 is 2.02 bits per heavy atom. The number of carbonyl (C=O) groups excluding carboxylic acids is 1. The molecule has 9 heteroatoms. The fraction of sp³-hybridized carbons (Fsp3) is 0.600. The van der Waals surface area contributed by atoms with E-state index < -0.39 is 19.4 Å². The van der Waals surface area contributed by atoms with E-state index in [0.717, 1.165) is 38.5 Å². The Morgan fingerprint density at radius 1 is 0.932 bits per heavy atom. The molecule has 0 saturated heterocycles. The van der Waals surface area contributed by atoms with Crippen LogP contribution in [0.15, 0.2) is 48.8 Å². The van der Waals surface area contributed by atoms with Crippen LogP contribution in [0.25, 0.3) is 6.08 Å². The van der Waals surface area contributed by atoms with Crippen molar-refractivity contribution in [1.29, 1.82) is 0 Å². The maximum atomic E-state index is 15.4. The number of carbonyl (C=O) groups is 1. The SMILES string of the molecule is CC(C)[C@@H]1CC[C@H](C)[C@H](OP(=O)(O[C@@H]2C[C@H](C(C)C)CC[C@@H]2C)[C@@H](OC(=O)/C=C/c2ccc(Cl)cc2Cl)c2cccnc2)C1. The molecule has 4 rings (SSSR count). The van der Waals surface area contributed by atoms with Gasteiger partial charge in [0.25, 0.3) is 0 Å². The molecule has 1 aromatic carbocycles. The van der Waals surface area contributed by atoms with Crippen LogP contribution in [0, 0.1) is 35.5 Å². The van der Waals surface area contributed by atoms with Gasteiger partial charge in [-0.25, -0.2) is 4.79 Å². The van der Waals surface area contributed by atoms with Gasteiger partial charge in [0.05, 0.1) is 12.2 Å². The standard InChI is InChI=1S/C35H48Cl2NO5P/c1-22(2)27-11-9-24(5)32(18-27)42-44(40,43-33-19-28(23(3)4)12-10-25(33)6)35(29-8-7-17-38-21-29)41-34(39)16-14-26-13-15-30(36)20-31(26)37/h7-8,13-17,20-25,27-28,32-33,35H,9-12,18-19H2,1-6H3/b16-14+/t24-,25-,27+,28+,32+,33+,35+/m0/s1. The summed E-state index contributed by atoms with van der Waals surface area (Å²) in [7, 11) is -4.10. The number of hydrogen-bond donors (Lipinski definition) is 0. The molecule has 2 saturated carbocycles. The summed E-state index contributed by atoms with van der Waals surface area (Å²) in [5, 5.41) is 0.898. The smallest absolute Gasteiger partial charge is 0.376 e. The fourth-order valence-electron chi connectivity index (χ4n) is 6.42. The van der Waals surface area contributed by atoms with E-state index >= 15 is 4.57 Å². The van der Waals surface area contributed by atoms with Gasteiger partial charge in [0.2, 0.25) is 5.85 Å². The average Bonchev–Trinajstić information content (AvgIpc) is 2.98. The van der Waals surface area contributed by atoms with Gasteiger partial charge < -0.3 is 13.8 Å². The highest BCUT2D eigenvalue weighted by Crippen LogP contribution is 2.65. The van der Waals surface area contributed by atoms with Crippen molar-refractivity contribution in [3.05, 3.63) is 70.0 Å². The van der Waals surface area contributed by atoms with Gasteiger partial charge in [0.1, 0.15) is 0 Å². The molecule has 0 bridgehead atoms. The molecule has 0 spiro atoms. The van der Waals surface area contributed by atoms with Crippen LogP contribution in [0.4, 0.5) is 0 Å². The van der Waals surface area contributed by atoms with Gasteiger partial charge in [-0.3, -0.25) is 9.55 Å². The molecule has 0 unspecified atom stereocenters. The highest BCUT2D eigenvalue weighted by molar-refractivity contribution is 7.54. The molecule has 2 aromatic rings. The normalized spacial score (nSPS) is 27.1.